The van der Waals surface area contributed by atoms with Gasteiger partial charge in [-0.05, 0) is 68.8 Å². The minimum absolute atomic E-state index is 0.244. The first-order valence-corrected chi connectivity index (χ1v) is 10.1. The minimum atomic E-state index is 0.244. The summed E-state index contributed by atoms with van der Waals surface area (Å²) in [7, 11) is 0. The SMILES string of the molecule is CC1CCCN(C(=O)C2CCN(CCc3c[nH]c4ncccc34)CC2)C1. The number of carbonyl (C=O) groups is 1. The number of likely N-dealkylation sites (tertiary alicyclic amines) is 2. The van der Waals surface area contributed by atoms with Crippen LogP contribution >= 0.6 is 0 Å². The lowest BCUT2D eigenvalue weighted by atomic mass is 9.92. The molecule has 2 aliphatic heterocycles. The van der Waals surface area contributed by atoms with Gasteiger partial charge in [-0.25, -0.2) is 4.98 Å². The van der Waals surface area contributed by atoms with E-state index in [1.54, 1.807) is 0 Å². The molecule has 2 aliphatic rings. The summed E-state index contributed by atoms with van der Waals surface area (Å²) in [5, 5.41) is 1.23. The molecule has 0 aliphatic carbocycles. The first kappa shape index (κ1) is 17.5. The summed E-state index contributed by atoms with van der Waals surface area (Å²) in [5.74, 6) is 1.33. The lowest BCUT2D eigenvalue weighted by molar-refractivity contribution is -0.138. The zero-order valence-electron chi connectivity index (χ0n) is 15.8. The van der Waals surface area contributed by atoms with Gasteiger partial charge in [-0.2, -0.15) is 0 Å². The minimum Gasteiger partial charge on any atom is -0.346 e. The van der Waals surface area contributed by atoms with Crippen molar-refractivity contribution in [3.05, 3.63) is 30.1 Å². The van der Waals surface area contributed by atoms with Gasteiger partial charge in [-0.1, -0.05) is 6.92 Å². The molecule has 0 bridgehead atoms. The Balaban J connectivity index is 1.26. The van der Waals surface area contributed by atoms with Crippen LogP contribution in [-0.4, -0.2) is 58.4 Å². The van der Waals surface area contributed by atoms with E-state index >= 15 is 0 Å². The molecule has 2 aromatic rings. The molecule has 1 atom stereocenters. The molecule has 5 nitrogen and oxygen atoms in total. The highest BCUT2D eigenvalue weighted by Gasteiger charge is 2.30. The van der Waals surface area contributed by atoms with E-state index in [-0.39, 0.29) is 5.92 Å². The van der Waals surface area contributed by atoms with E-state index in [1.807, 2.05) is 12.3 Å². The first-order chi connectivity index (χ1) is 12.7. The number of hydrogen-bond acceptors (Lipinski definition) is 3. The third-order valence-corrected chi connectivity index (χ3v) is 6.14. The van der Waals surface area contributed by atoms with Crippen LogP contribution in [0.5, 0.6) is 0 Å². The summed E-state index contributed by atoms with van der Waals surface area (Å²) < 4.78 is 0. The maximum Gasteiger partial charge on any atom is 0.225 e. The van der Waals surface area contributed by atoms with Crippen LogP contribution in [0.3, 0.4) is 0 Å². The van der Waals surface area contributed by atoms with Gasteiger partial charge in [0.2, 0.25) is 5.91 Å². The second-order valence-electron chi connectivity index (χ2n) is 8.11. The van der Waals surface area contributed by atoms with E-state index in [0.717, 1.165) is 57.6 Å². The van der Waals surface area contributed by atoms with Gasteiger partial charge >= 0.3 is 0 Å². The van der Waals surface area contributed by atoms with Gasteiger partial charge in [0, 0.05) is 43.3 Å². The van der Waals surface area contributed by atoms with E-state index in [2.05, 4.69) is 39.0 Å². The largest absolute Gasteiger partial charge is 0.346 e. The number of fused-ring (bicyclic) bond motifs is 1. The maximum absolute atomic E-state index is 12.8. The molecule has 4 heterocycles. The van der Waals surface area contributed by atoms with Crippen LogP contribution in [0.1, 0.15) is 38.2 Å². The lowest BCUT2D eigenvalue weighted by Crippen LogP contribution is -2.46. The van der Waals surface area contributed by atoms with E-state index in [0.29, 0.717) is 11.8 Å². The highest BCUT2D eigenvalue weighted by molar-refractivity contribution is 5.79. The van der Waals surface area contributed by atoms with Gasteiger partial charge in [-0.3, -0.25) is 4.79 Å². The van der Waals surface area contributed by atoms with Gasteiger partial charge in [0.15, 0.2) is 0 Å². The molecule has 1 unspecified atom stereocenters. The van der Waals surface area contributed by atoms with E-state index in [1.165, 1.54) is 23.8 Å². The standard InChI is InChI=1S/C21H30N4O/c1-16-4-3-10-25(15-16)21(26)17-6-11-24(12-7-17)13-8-18-14-23-20-19(18)5-2-9-22-20/h2,5,9,14,16-17H,3-4,6-8,10-13,15H2,1H3,(H,22,23). The number of nitrogens with zero attached hydrogens (tertiary/aromatic N) is 3. The fourth-order valence-corrected chi connectivity index (χ4v) is 4.55. The lowest BCUT2D eigenvalue weighted by Gasteiger charge is -2.37. The Morgan fingerprint density at radius 3 is 2.92 bits per heavy atom. The summed E-state index contributed by atoms with van der Waals surface area (Å²) in [6.07, 6.45) is 9.42. The first-order valence-electron chi connectivity index (χ1n) is 10.1. The van der Waals surface area contributed by atoms with Crippen molar-refractivity contribution in [3.8, 4) is 0 Å². The number of hydrogen-bond donors (Lipinski definition) is 1. The number of nitrogens with one attached hydrogen (secondary N) is 1. The topological polar surface area (TPSA) is 52.2 Å². The summed E-state index contributed by atoms with van der Waals surface area (Å²) in [6, 6.07) is 4.14. The van der Waals surface area contributed by atoms with Crippen molar-refractivity contribution in [1.29, 1.82) is 0 Å². The smallest absolute Gasteiger partial charge is 0.225 e. The maximum atomic E-state index is 12.8. The third-order valence-electron chi connectivity index (χ3n) is 6.14. The van der Waals surface area contributed by atoms with Crippen molar-refractivity contribution in [2.75, 3.05) is 32.7 Å². The molecular weight excluding hydrogens is 324 g/mol. The Bertz CT molecular complexity index is 747. The molecule has 0 saturated carbocycles. The monoisotopic (exact) mass is 354 g/mol. The molecule has 2 fully saturated rings. The number of amides is 1. The normalized spacial score (nSPS) is 22.8. The number of piperidine rings is 2. The highest BCUT2D eigenvalue weighted by atomic mass is 16.2. The summed E-state index contributed by atoms with van der Waals surface area (Å²) in [4.78, 5) is 25.1. The van der Waals surface area contributed by atoms with Crippen molar-refractivity contribution in [2.45, 2.75) is 39.0 Å². The summed E-state index contributed by atoms with van der Waals surface area (Å²) >= 11 is 0. The van der Waals surface area contributed by atoms with E-state index < -0.39 is 0 Å². The Kier molecular flexibility index (Phi) is 5.25. The zero-order valence-corrected chi connectivity index (χ0v) is 15.8. The van der Waals surface area contributed by atoms with Gasteiger partial charge in [-0.15, -0.1) is 0 Å². The average Bonchev–Trinajstić information content (AvgIpc) is 3.09. The number of aromatic amines is 1. The van der Waals surface area contributed by atoms with Gasteiger partial charge < -0.3 is 14.8 Å². The predicted octanol–water partition coefficient (Wildman–Crippen LogP) is 3.08. The molecule has 140 valence electrons. The number of aromatic nitrogens is 2. The van der Waals surface area contributed by atoms with Gasteiger partial charge in [0.25, 0.3) is 0 Å². The number of pyridine rings is 1. The van der Waals surface area contributed by atoms with Crippen molar-refractivity contribution >= 4 is 16.9 Å². The summed E-state index contributed by atoms with van der Waals surface area (Å²) in [6.45, 7) is 7.35. The Morgan fingerprint density at radius 1 is 1.27 bits per heavy atom. The molecule has 5 heteroatoms. The average molecular weight is 354 g/mol. The second-order valence-corrected chi connectivity index (χ2v) is 8.11. The molecule has 2 aromatic heterocycles. The number of rotatable bonds is 4. The third kappa shape index (κ3) is 3.78. The number of H-pyrrole nitrogens is 1. The Labute approximate surface area is 155 Å². The van der Waals surface area contributed by atoms with Crippen molar-refractivity contribution in [2.24, 2.45) is 11.8 Å². The fraction of sp³-hybridized carbons (Fsp3) is 0.619. The molecule has 0 spiro atoms. The van der Waals surface area contributed by atoms with Gasteiger partial charge in [0.05, 0.1) is 0 Å². The fourth-order valence-electron chi connectivity index (χ4n) is 4.55. The molecule has 1 amide bonds. The Morgan fingerprint density at radius 2 is 2.12 bits per heavy atom. The Hall–Kier alpha value is -1.88. The molecule has 0 aromatic carbocycles. The van der Waals surface area contributed by atoms with Crippen LogP contribution in [0.2, 0.25) is 0 Å². The second kappa shape index (κ2) is 7.78. The van der Waals surface area contributed by atoms with Crippen LogP contribution in [0.15, 0.2) is 24.5 Å². The highest BCUT2D eigenvalue weighted by Crippen LogP contribution is 2.24. The van der Waals surface area contributed by atoms with Crippen LogP contribution in [0, 0.1) is 11.8 Å². The molecule has 2 saturated heterocycles. The van der Waals surface area contributed by atoms with Crippen molar-refractivity contribution in [3.63, 3.8) is 0 Å². The van der Waals surface area contributed by atoms with Crippen LogP contribution in [0.4, 0.5) is 0 Å². The molecule has 4 rings (SSSR count). The van der Waals surface area contributed by atoms with Crippen LogP contribution in [-0.2, 0) is 11.2 Å². The quantitative estimate of drug-likeness (QED) is 0.918. The van der Waals surface area contributed by atoms with E-state index in [9.17, 15) is 4.79 Å². The zero-order chi connectivity index (χ0) is 17.9. The van der Waals surface area contributed by atoms with Crippen LogP contribution < -0.4 is 0 Å². The number of carbonyl (C=O) groups excluding carboxylic acids is 1. The van der Waals surface area contributed by atoms with Crippen molar-refractivity contribution in [1.82, 2.24) is 19.8 Å². The predicted molar refractivity (Wildman–Crippen MR) is 104 cm³/mol. The van der Waals surface area contributed by atoms with Crippen molar-refractivity contribution < 1.29 is 4.79 Å². The molecule has 0 radical (unpaired) electrons. The summed E-state index contributed by atoms with van der Waals surface area (Å²) in [5.41, 5.74) is 2.32. The van der Waals surface area contributed by atoms with Crippen LogP contribution in [0.25, 0.3) is 11.0 Å². The van der Waals surface area contributed by atoms with Gasteiger partial charge in [0.1, 0.15) is 5.65 Å². The molecule has 1 N–H and O–H groups in total. The molecule has 26 heavy (non-hydrogen) atoms. The molecular formula is C21H30N4O. The van der Waals surface area contributed by atoms with E-state index in [4.69, 9.17) is 0 Å².